The van der Waals surface area contributed by atoms with Crippen molar-refractivity contribution in [3.63, 3.8) is 0 Å². The molecule has 1 aromatic heterocycles. The van der Waals surface area contributed by atoms with Crippen LogP contribution in [0.4, 0.5) is 0 Å². The number of hydrogen-bond donors (Lipinski definition) is 2. The smallest absolute Gasteiger partial charge is 0.268 e. The van der Waals surface area contributed by atoms with Gasteiger partial charge in [0.2, 0.25) is 0 Å². The van der Waals surface area contributed by atoms with Crippen molar-refractivity contribution < 1.29 is 9.90 Å². The number of aliphatic hydroxyl groups excluding tert-OH is 1. The normalized spacial score (nSPS) is 16.7. The van der Waals surface area contributed by atoms with E-state index in [4.69, 9.17) is 28.3 Å². The van der Waals surface area contributed by atoms with Crippen LogP contribution in [0.5, 0.6) is 0 Å². The molecule has 100 valence electrons. The van der Waals surface area contributed by atoms with Gasteiger partial charge in [-0.25, -0.2) is 0 Å². The first-order valence-corrected chi connectivity index (χ1v) is 6.64. The number of aliphatic hydroxyl groups is 1. The van der Waals surface area contributed by atoms with E-state index < -0.39 is 0 Å². The molecular formula is C12H16Cl2N2O2. The van der Waals surface area contributed by atoms with Crippen LogP contribution in [-0.2, 0) is 7.05 Å². The Morgan fingerprint density at radius 1 is 1.56 bits per heavy atom. The molecule has 1 saturated carbocycles. The Morgan fingerprint density at radius 3 is 2.67 bits per heavy atom. The highest BCUT2D eigenvalue weighted by atomic mass is 35.5. The van der Waals surface area contributed by atoms with Crippen molar-refractivity contribution in [2.75, 3.05) is 13.2 Å². The van der Waals surface area contributed by atoms with E-state index in [-0.39, 0.29) is 17.9 Å². The molecule has 1 amide bonds. The number of amides is 1. The molecule has 0 spiro atoms. The summed E-state index contributed by atoms with van der Waals surface area (Å²) in [5.41, 5.74) is 0.549. The number of carbonyl (C=O) groups excluding carboxylic acids is 1. The fourth-order valence-electron chi connectivity index (χ4n) is 2.05. The van der Waals surface area contributed by atoms with Crippen LogP contribution in [0.15, 0.2) is 6.07 Å². The van der Waals surface area contributed by atoms with Gasteiger partial charge in [-0.1, -0.05) is 23.2 Å². The number of nitrogens with one attached hydrogen (secondary N) is 1. The molecule has 0 aliphatic heterocycles. The van der Waals surface area contributed by atoms with Gasteiger partial charge in [0.05, 0.1) is 5.02 Å². The summed E-state index contributed by atoms with van der Waals surface area (Å²) in [6.45, 7) is 0.754. The van der Waals surface area contributed by atoms with E-state index in [1.807, 2.05) is 0 Å². The first-order valence-electron chi connectivity index (χ1n) is 5.89. The zero-order valence-corrected chi connectivity index (χ0v) is 11.7. The first kappa shape index (κ1) is 13.7. The Labute approximate surface area is 116 Å². The topological polar surface area (TPSA) is 54.3 Å². The highest BCUT2D eigenvalue weighted by Gasteiger charge is 2.42. The van der Waals surface area contributed by atoms with Gasteiger partial charge in [-0.15, -0.1) is 0 Å². The van der Waals surface area contributed by atoms with Crippen LogP contribution >= 0.6 is 23.2 Å². The molecule has 0 saturated heterocycles. The fraction of sp³-hybridized carbons (Fsp3) is 0.583. The molecule has 0 aromatic carbocycles. The lowest BCUT2D eigenvalue weighted by Gasteiger charge is -2.14. The number of aromatic nitrogens is 1. The molecule has 4 nitrogen and oxygen atoms in total. The van der Waals surface area contributed by atoms with E-state index in [1.165, 1.54) is 0 Å². The van der Waals surface area contributed by atoms with Crippen LogP contribution < -0.4 is 5.32 Å². The van der Waals surface area contributed by atoms with Gasteiger partial charge < -0.3 is 15.0 Å². The monoisotopic (exact) mass is 290 g/mol. The zero-order chi connectivity index (χ0) is 13.3. The molecule has 1 heterocycles. The maximum absolute atomic E-state index is 12.0. The summed E-state index contributed by atoms with van der Waals surface area (Å²) in [5.74, 6) is -0.185. The number of halogens is 2. The molecule has 6 heteroatoms. The summed E-state index contributed by atoms with van der Waals surface area (Å²) in [6, 6.07) is 1.56. The lowest BCUT2D eigenvalue weighted by Crippen LogP contribution is -2.31. The summed E-state index contributed by atoms with van der Waals surface area (Å²) >= 11 is 11.8. The van der Waals surface area contributed by atoms with Crippen LogP contribution in [0.2, 0.25) is 10.2 Å². The van der Waals surface area contributed by atoms with Gasteiger partial charge in [0, 0.05) is 20.2 Å². The van der Waals surface area contributed by atoms with Crippen molar-refractivity contribution in [2.45, 2.75) is 19.3 Å². The Morgan fingerprint density at radius 2 is 2.22 bits per heavy atom. The van der Waals surface area contributed by atoms with Gasteiger partial charge in [-0.2, -0.15) is 0 Å². The van der Waals surface area contributed by atoms with Crippen molar-refractivity contribution in [3.8, 4) is 0 Å². The van der Waals surface area contributed by atoms with Crippen LogP contribution in [0.25, 0.3) is 0 Å². The second-order valence-corrected chi connectivity index (χ2v) is 5.65. The van der Waals surface area contributed by atoms with Crippen molar-refractivity contribution in [1.29, 1.82) is 0 Å². The molecule has 1 aliphatic carbocycles. The predicted octanol–water partition coefficient (Wildman–Crippen LogP) is 2.22. The second-order valence-electron chi connectivity index (χ2n) is 4.88. The maximum Gasteiger partial charge on any atom is 0.268 e. The van der Waals surface area contributed by atoms with Crippen molar-refractivity contribution >= 4 is 29.1 Å². The summed E-state index contributed by atoms with van der Waals surface area (Å²) in [7, 11) is 1.70. The van der Waals surface area contributed by atoms with Crippen LogP contribution in [-0.4, -0.2) is 28.7 Å². The molecule has 2 rings (SSSR count). The van der Waals surface area contributed by atoms with Crippen LogP contribution in [0.1, 0.15) is 29.8 Å². The minimum atomic E-state index is -0.185. The quantitative estimate of drug-likeness (QED) is 0.874. The van der Waals surface area contributed by atoms with Gasteiger partial charge in [-0.05, 0) is 30.7 Å². The molecule has 0 unspecified atom stereocenters. The summed E-state index contributed by atoms with van der Waals surface area (Å²) < 4.78 is 1.56. The maximum atomic E-state index is 12.0. The fourth-order valence-corrected chi connectivity index (χ4v) is 2.42. The molecule has 0 atom stereocenters. The second kappa shape index (κ2) is 5.11. The van der Waals surface area contributed by atoms with E-state index in [0.29, 0.717) is 22.4 Å². The van der Waals surface area contributed by atoms with E-state index in [0.717, 1.165) is 19.3 Å². The number of rotatable bonds is 5. The molecule has 1 fully saturated rings. The third-order valence-corrected chi connectivity index (χ3v) is 4.41. The molecule has 2 N–H and O–H groups in total. The van der Waals surface area contributed by atoms with E-state index in [9.17, 15) is 4.79 Å². The Bertz CT molecular complexity index is 467. The largest absolute Gasteiger partial charge is 0.396 e. The van der Waals surface area contributed by atoms with E-state index >= 15 is 0 Å². The minimum absolute atomic E-state index is 0.100. The third-order valence-electron chi connectivity index (χ3n) is 3.57. The average Bonchev–Trinajstić information content (AvgIpc) is 3.06. The van der Waals surface area contributed by atoms with Crippen molar-refractivity contribution in [3.05, 3.63) is 21.9 Å². The predicted molar refractivity (Wildman–Crippen MR) is 71.1 cm³/mol. The standard InChI is InChI=1S/C12H16Cl2N2O2/c1-16-9(6-8(13)10(16)14)11(18)15-7-12(2-3-12)4-5-17/h6,17H,2-5,7H2,1H3,(H,15,18). The van der Waals surface area contributed by atoms with Crippen molar-refractivity contribution in [2.24, 2.45) is 12.5 Å². The zero-order valence-electron chi connectivity index (χ0n) is 10.2. The minimum Gasteiger partial charge on any atom is -0.396 e. The summed E-state index contributed by atoms with van der Waals surface area (Å²) in [4.78, 5) is 12.0. The lowest BCUT2D eigenvalue weighted by atomic mass is 10.0. The third kappa shape index (κ3) is 2.66. The number of hydrogen-bond acceptors (Lipinski definition) is 2. The Hall–Kier alpha value is -0.710. The van der Waals surface area contributed by atoms with Gasteiger partial charge in [-0.3, -0.25) is 4.79 Å². The molecule has 1 aliphatic rings. The van der Waals surface area contributed by atoms with E-state index in [1.54, 1.807) is 17.7 Å². The van der Waals surface area contributed by atoms with Gasteiger partial charge in [0.1, 0.15) is 10.8 Å². The first-order chi connectivity index (χ1) is 8.49. The molecular weight excluding hydrogens is 275 g/mol. The van der Waals surface area contributed by atoms with E-state index in [2.05, 4.69) is 5.32 Å². The van der Waals surface area contributed by atoms with Crippen LogP contribution in [0.3, 0.4) is 0 Å². The summed E-state index contributed by atoms with van der Waals surface area (Å²) in [6.07, 6.45) is 2.85. The highest BCUT2D eigenvalue weighted by molar-refractivity contribution is 6.41. The average molecular weight is 291 g/mol. The lowest BCUT2D eigenvalue weighted by molar-refractivity contribution is 0.0932. The molecule has 0 radical (unpaired) electrons. The molecule has 0 bridgehead atoms. The molecule has 18 heavy (non-hydrogen) atoms. The summed E-state index contributed by atoms with van der Waals surface area (Å²) in [5, 5.41) is 12.6. The van der Waals surface area contributed by atoms with Gasteiger partial charge in [0.25, 0.3) is 5.91 Å². The van der Waals surface area contributed by atoms with Crippen molar-refractivity contribution in [1.82, 2.24) is 9.88 Å². The number of carbonyl (C=O) groups is 1. The Balaban J connectivity index is 1.98. The highest BCUT2D eigenvalue weighted by Crippen LogP contribution is 2.47. The van der Waals surface area contributed by atoms with Gasteiger partial charge in [0.15, 0.2) is 0 Å². The Kier molecular flexibility index (Phi) is 3.90. The molecule has 1 aromatic rings. The van der Waals surface area contributed by atoms with Crippen LogP contribution in [0, 0.1) is 5.41 Å². The van der Waals surface area contributed by atoms with Gasteiger partial charge >= 0.3 is 0 Å². The number of nitrogens with zero attached hydrogens (tertiary/aromatic N) is 1. The SMILES string of the molecule is Cn1c(C(=O)NCC2(CCO)CC2)cc(Cl)c1Cl.